The molecular weight excluding hydrogens is 498 g/mol. The van der Waals surface area contributed by atoms with Crippen molar-refractivity contribution in [3.05, 3.63) is 107 Å². The number of benzene rings is 2. The molecule has 37 heavy (non-hydrogen) atoms. The van der Waals surface area contributed by atoms with Gasteiger partial charge in [-0.1, -0.05) is 56.3 Å². The summed E-state index contributed by atoms with van der Waals surface area (Å²) in [5.41, 5.74) is -0.260. The van der Waals surface area contributed by atoms with E-state index >= 15 is 0 Å². The number of halogens is 6. The molecule has 0 aliphatic carbocycles. The second-order valence-corrected chi connectivity index (χ2v) is 8.86. The van der Waals surface area contributed by atoms with Crippen LogP contribution in [-0.4, -0.2) is 17.2 Å². The maximum Gasteiger partial charge on any atom is 0.483 e. The number of carbonyl (C=O) groups is 2. The zero-order chi connectivity index (χ0) is 27.4. The minimum atomic E-state index is -4.56. The van der Waals surface area contributed by atoms with Gasteiger partial charge < -0.3 is 0 Å². The molecule has 2 aromatic carbocycles. The Balaban J connectivity index is 0.000000886. The zero-order valence-electron chi connectivity index (χ0n) is 19.8. The van der Waals surface area contributed by atoms with Crippen molar-refractivity contribution < 1.29 is 35.9 Å². The summed E-state index contributed by atoms with van der Waals surface area (Å²) in [6.07, 6.45) is -5.55. The van der Waals surface area contributed by atoms with E-state index in [0.29, 0.717) is 16.8 Å². The summed E-state index contributed by atoms with van der Waals surface area (Å²) in [5.74, 6) is -0.748. The van der Waals surface area contributed by atoms with Gasteiger partial charge in [-0.2, -0.15) is 13.2 Å². The Labute approximate surface area is 209 Å². The number of nitrogens with zero attached hydrogens (tertiary/aromatic N) is 2. The fraction of sp³-hybridized carbons (Fsp3) is 0.222. The number of alkyl halides is 3. The number of pyridine rings is 1. The Morgan fingerprint density at radius 1 is 0.892 bits per heavy atom. The second-order valence-electron chi connectivity index (χ2n) is 8.86. The topological polar surface area (TPSA) is 50.3 Å². The molecule has 194 valence electrons. The monoisotopic (exact) mass is 520 g/mol. The van der Waals surface area contributed by atoms with E-state index < -0.39 is 35.4 Å². The van der Waals surface area contributed by atoms with Gasteiger partial charge in [0.05, 0.1) is 6.04 Å². The maximum atomic E-state index is 14.7. The first kappa shape index (κ1) is 27.6. The minimum Gasteiger partial charge on any atom is -0.298 e. The molecule has 0 bridgehead atoms. The summed E-state index contributed by atoms with van der Waals surface area (Å²) in [6.45, 7) is 3.49. The molecule has 0 radical (unpaired) electrons. The Kier molecular flexibility index (Phi) is 8.20. The summed E-state index contributed by atoms with van der Waals surface area (Å²) >= 11 is 0. The molecule has 0 saturated carbocycles. The van der Waals surface area contributed by atoms with Crippen LogP contribution in [0.2, 0.25) is 0 Å². The van der Waals surface area contributed by atoms with Crippen LogP contribution in [0.1, 0.15) is 43.3 Å². The third kappa shape index (κ3) is 6.63. The molecule has 2 heterocycles. The summed E-state index contributed by atoms with van der Waals surface area (Å²) in [4.78, 5) is 26.9. The van der Waals surface area contributed by atoms with Crippen LogP contribution in [0.5, 0.6) is 0 Å². The molecule has 4 rings (SSSR count). The SMILES string of the molecule is CC(C)(CC1=CC(c2ccccc2F)N(c2ccccc2)C1=O)c1cccc(C(F)(F)F)n1.O=C(F)F. The molecule has 1 aliphatic rings. The molecule has 3 aromatic rings. The second kappa shape index (κ2) is 11.0. The van der Waals surface area contributed by atoms with Gasteiger partial charge in [0.15, 0.2) is 0 Å². The smallest absolute Gasteiger partial charge is 0.298 e. The number of aromatic nitrogens is 1. The number of hydrogen-bond donors (Lipinski definition) is 0. The van der Waals surface area contributed by atoms with Crippen molar-refractivity contribution in [1.82, 2.24) is 4.98 Å². The number of rotatable bonds is 5. The van der Waals surface area contributed by atoms with Gasteiger partial charge in [0.1, 0.15) is 11.5 Å². The highest BCUT2D eigenvalue weighted by molar-refractivity contribution is 6.09. The Morgan fingerprint density at radius 3 is 2.05 bits per heavy atom. The van der Waals surface area contributed by atoms with E-state index in [1.807, 2.05) is 6.07 Å². The Hall–Kier alpha value is -3.95. The van der Waals surface area contributed by atoms with Crippen molar-refractivity contribution in [3.63, 3.8) is 0 Å². The molecule has 0 fully saturated rings. The molecule has 1 aliphatic heterocycles. The Bertz CT molecular complexity index is 1300. The van der Waals surface area contributed by atoms with E-state index in [0.717, 1.165) is 6.07 Å². The third-order valence-electron chi connectivity index (χ3n) is 5.75. The molecule has 1 aromatic heterocycles. The van der Waals surface area contributed by atoms with Gasteiger partial charge in [-0.05, 0) is 42.8 Å². The lowest BCUT2D eigenvalue weighted by atomic mass is 9.81. The largest absolute Gasteiger partial charge is 0.483 e. The first-order valence-electron chi connectivity index (χ1n) is 11.0. The van der Waals surface area contributed by atoms with Crippen LogP contribution >= 0.6 is 0 Å². The first-order chi connectivity index (χ1) is 17.3. The van der Waals surface area contributed by atoms with Crippen LogP contribution in [0.15, 0.2) is 84.4 Å². The summed E-state index contributed by atoms with van der Waals surface area (Å²) in [6, 6.07) is 18.3. The van der Waals surface area contributed by atoms with Gasteiger partial charge in [0.2, 0.25) is 0 Å². The van der Waals surface area contributed by atoms with E-state index in [2.05, 4.69) is 4.98 Å². The van der Waals surface area contributed by atoms with Gasteiger partial charge in [-0.25, -0.2) is 14.2 Å². The minimum absolute atomic E-state index is 0.147. The number of hydrogen-bond acceptors (Lipinski definition) is 3. The van der Waals surface area contributed by atoms with Crippen LogP contribution in [0, 0.1) is 5.82 Å². The van der Waals surface area contributed by atoms with Crippen LogP contribution in [0.4, 0.5) is 36.8 Å². The van der Waals surface area contributed by atoms with Gasteiger partial charge in [0, 0.05) is 27.9 Å². The molecule has 0 N–H and O–H groups in total. The molecule has 0 spiro atoms. The maximum absolute atomic E-state index is 14.7. The van der Waals surface area contributed by atoms with Gasteiger partial charge >= 0.3 is 12.5 Å². The van der Waals surface area contributed by atoms with Crippen molar-refractivity contribution in [1.29, 1.82) is 0 Å². The highest BCUT2D eigenvalue weighted by Crippen LogP contribution is 2.41. The normalized spacial score (nSPS) is 15.7. The van der Waals surface area contributed by atoms with E-state index in [4.69, 9.17) is 4.79 Å². The molecular formula is C27H22F6N2O2. The lowest BCUT2D eigenvalue weighted by Crippen LogP contribution is -2.31. The van der Waals surface area contributed by atoms with E-state index in [9.17, 15) is 31.1 Å². The number of anilines is 1. The fourth-order valence-corrected chi connectivity index (χ4v) is 4.10. The molecule has 1 amide bonds. The highest BCUT2D eigenvalue weighted by atomic mass is 19.4. The van der Waals surface area contributed by atoms with Gasteiger partial charge in [-0.3, -0.25) is 9.69 Å². The number of amides is 1. The molecule has 10 heteroatoms. The van der Waals surface area contributed by atoms with Crippen molar-refractivity contribution in [2.45, 2.75) is 37.9 Å². The lowest BCUT2D eigenvalue weighted by Gasteiger charge is -2.27. The van der Waals surface area contributed by atoms with Gasteiger partial charge in [-0.15, -0.1) is 8.78 Å². The summed E-state index contributed by atoms with van der Waals surface area (Å²) < 4.78 is 73.6. The first-order valence-corrected chi connectivity index (χ1v) is 11.0. The molecule has 4 nitrogen and oxygen atoms in total. The predicted molar refractivity (Wildman–Crippen MR) is 126 cm³/mol. The standard InChI is InChI=1S/C26H22F4N2O.CF2O/c1-25(2,22-13-8-14-23(31-22)26(28,29)30)16-17-15-21(19-11-6-7-12-20(19)27)32(24(17)33)18-9-4-3-5-10-18;2-1(3)4/h3-15,21H,16H2,1-2H3;. The fourth-order valence-electron chi connectivity index (χ4n) is 4.10. The summed E-state index contributed by atoms with van der Waals surface area (Å²) in [5, 5.41) is 0. The quantitative estimate of drug-likeness (QED) is 0.256. The molecule has 0 saturated heterocycles. The third-order valence-corrected chi connectivity index (χ3v) is 5.75. The van der Waals surface area contributed by atoms with Crippen molar-refractivity contribution in [2.24, 2.45) is 0 Å². The van der Waals surface area contributed by atoms with E-state index in [-0.39, 0.29) is 18.0 Å². The molecule has 1 atom stereocenters. The summed E-state index contributed by atoms with van der Waals surface area (Å²) in [7, 11) is 0. The van der Waals surface area contributed by atoms with Gasteiger partial charge in [0.25, 0.3) is 5.91 Å². The highest BCUT2D eigenvalue weighted by Gasteiger charge is 2.39. The van der Waals surface area contributed by atoms with Crippen LogP contribution in [0.25, 0.3) is 0 Å². The van der Waals surface area contributed by atoms with Crippen LogP contribution in [0.3, 0.4) is 0 Å². The number of carbonyl (C=O) groups excluding carboxylic acids is 2. The zero-order valence-corrected chi connectivity index (χ0v) is 19.8. The average Bonchev–Trinajstić information content (AvgIpc) is 3.14. The van der Waals surface area contributed by atoms with Crippen molar-refractivity contribution in [2.75, 3.05) is 4.90 Å². The number of para-hydroxylation sites is 1. The van der Waals surface area contributed by atoms with Crippen LogP contribution < -0.4 is 4.90 Å². The lowest BCUT2D eigenvalue weighted by molar-refractivity contribution is -0.141. The average molecular weight is 520 g/mol. The van der Waals surface area contributed by atoms with Crippen LogP contribution in [-0.2, 0) is 16.4 Å². The van der Waals surface area contributed by atoms with Crippen molar-refractivity contribution in [3.8, 4) is 0 Å². The molecule has 1 unspecified atom stereocenters. The van der Waals surface area contributed by atoms with Crippen molar-refractivity contribution >= 4 is 17.9 Å². The van der Waals surface area contributed by atoms with E-state index in [1.165, 1.54) is 23.1 Å². The predicted octanol–water partition coefficient (Wildman–Crippen LogP) is 7.67. The van der Waals surface area contributed by atoms with E-state index in [1.54, 1.807) is 62.4 Å². The Morgan fingerprint density at radius 2 is 1.46 bits per heavy atom.